The molecule has 20 heavy (non-hydrogen) atoms. The summed E-state index contributed by atoms with van der Waals surface area (Å²) in [7, 11) is 0. The van der Waals surface area contributed by atoms with Crippen molar-refractivity contribution in [1.29, 1.82) is 0 Å². The summed E-state index contributed by atoms with van der Waals surface area (Å²) in [5.74, 6) is -0.445. The van der Waals surface area contributed by atoms with E-state index in [4.69, 9.17) is 0 Å². The van der Waals surface area contributed by atoms with Crippen LogP contribution in [0, 0.1) is 0 Å². The van der Waals surface area contributed by atoms with Crippen LogP contribution in [0.1, 0.15) is 31.1 Å². The second-order valence-corrected chi connectivity index (χ2v) is 6.06. The van der Waals surface area contributed by atoms with Gasteiger partial charge in [-0.05, 0) is 56.8 Å². The van der Waals surface area contributed by atoms with E-state index < -0.39 is 23.1 Å². The highest BCUT2D eigenvalue weighted by Gasteiger charge is 2.29. The Kier molecular flexibility index (Phi) is 5.10. The molecule has 0 aliphatic rings. The van der Waals surface area contributed by atoms with E-state index >= 15 is 0 Å². The fourth-order valence-corrected chi connectivity index (χ4v) is 1.82. The van der Waals surface area contributed by atoms with Gasteiger partial charge in [-0.25, -0.2) is 0 Å². The number of carbonyl (C=O) groups excluding carboxylic acids is 1. The van der Waals surface area contributed by atoms with Crippen LogP contribution >= 0.6 is 11.8 Å². The highest BCUT2D eigenvalue weighted by molar-refractivity contribution is 8.00. The van der Waals surface area contributed by atoms with Crippen molar-refractivity contribution in [3.8, 4) is 0 Å². The lowest BCUT2D eigenvalue weighted by atomic mass is 9.98. The van der Waals surface area contributed by atoms with Crippen molar-refractivity contribution >= 4 is 17.7 Å². The maximum atomic E-state index is 12.2. The van der Waals surface area contributed by atoms with E-state index in [0.717, 1.165) is 0 Å². The van der Waals surface area contributed by atoms with E-state index in [1.165, 1.54) is 24.3 Å². The largest absolute Gasteiger partial charge is 0.446 e. The van der Waals surface area contributed by atoms with E-state index in [0.29, 0.717) is 0 Å². The van der Waals surface area contributed by atoms with Crippen molar-refractivity contribution < 1.29 is 23.1 Å². The number of amides is 1. The summed E-state index contributed by atoms with van der Waals surface area (Å²) in [5, 5.41) is 12.1. The normalized spacial score (nSPS) is 13.9. The van der Waals surface area contributed by atoms with Crippen molar-refractivity contribution in [2.45, 2.75) is 42.8 Å². The molecule has 1 rings (SSSR count). The number of alkyl halides is 3. The standard InChI is InChI=1S/C13H16F3NO2S/c1-8(18)12(2,3)17-11(19)9-4-6-10(7-5-9)20-13(14,15)16/h4-8,18H,1-3H3,(H,17,19). The zero-order valence-corrected chi connectivity index (χ0v) is 12.1. The first-order chi connectivity index (χ1) is 9.01. The van der Waals surface area contributed by atoms with Gasteiger partial charge in [0.15, 0.2) is 0 Å². The summed E-state index contributed by atoms with van der Waals surface area (Å²) in [5.41, 5.74) is -4.93. The lowest BCUT2D eigenvalue weighted by molar-refractivity contribution is -0.0328. The van der Waals surface area contributed by atoms with Crippen LogP contribution in [0.15, 0.2) is 29.2 Å². The Morgan fingerprint density at radius 1 is 1.25 bits per heavy atom. The van der Waals surface area contributed by atoms with Gasteiger partial charge in [0.25, 0.3) is 5.91 Å². The van der Waals surface area contributed by atoms with Crippen molar-refractivity contribution in [2.24, 2.45) is 0 Å². The molecule has 0 aromatic heterocycles. The molecule has 0 aliphatic carbocycles. The summed E-state index contributed by atoms with van der Waals surface area (Å²) in [6.45, 7) is 4.86. The third kappa shape index (κ3) is 5.05. The van der Waals surface area contributed by atoms with Crippen LogP contribution in [0.25, 0.3) is 0 Å². The van der Waals surface area contributed by atoms with E-state index in [9.17, 15) is 23.1 Å². The van der Waals surface area contributed by atoms with Crippen LogP contribution in [0.2, 0.25) is 0 Å². The Labute approximate surface area is 119 Å². The number of hydrogen-bond acceptors (Lipinski definition) is 3. The number of thioether (sulfide) groups is 1. The Balaban J connectivity index is 2.76. The van der Waals surface area contributed by atoms with Crippen molar-refractivity contribution in [3.63, 3.8) is 0 Å². The molecule has 0 aliphatic heterocycles. The molecule has 1 unspecified atom stereocenters. The predicted octanol–water partition coefficient (Wildman–Crippen LogP) is 3.19. The topological polar surface area (TPSA) is 49.3 Å². The number of aliphatic hydroxyl groups is 1. The maximum absolute atomic E-state index is 12.2. The highest BCUT2D eigenvalue weighted by Crippen LogP contribution is 2.36. The van der Waals surface area contributed by atoms with Gasteiger partial charge in [-0.15, -0.1) is 0 Å². The number of halogens is 3. The molecule has 1 amide bonds. The van der Waals surface area contributed by atoms with Crippen molar-refractivity contribution in [2.75, 3.05) is 0 Å². The SMILES string of the molecule is CC(O)C(C)(C)NC(=O)c1ccc(SC(F)(F)F)cc1. The Morgan fingerprint density at radius 2 is 1.75 bits per heavy atom. The molecule has 2 N–H and O–H groups in total. The van der Waals surface area contributed by atoms with E-state index in [2.05, 4.69) is 5.32 Å². The zero-order chi connectivity index (χ0) is 15.6. The lowest BCUT2D eigenvalue weighted by Gasteiger charge is -2.29. The third-order valence-electron chi connectivity index (χ3n) is 2.83. The van der Waals surface area contributed by atoms with Crippen LogP contribution < -0.4 is 5.32 Å². The summed E-state index contributed by atoms with van der Waals surface area (Å²) in [6, 6.07) is 5.12. The number of nitrogens with one attached hydrogen (secondary N) is 1. The summed E-state index contributed by atoms with van der Waals surface area (Å²) < 4.78 is 36.5. The first-order valence-electron chi connectivity index (χ1n) is 5.87. The van der Waals surface area contributed by atoms with E-state index in [1.807, 2.05) is 0 Å². The molecule has 1 aromatic rings. The first-order valence-corrected chi connectivity index (χ1v) is 6.69. The van der Waals surface area contributed by atoms with Gasteiger partial charge in [0.1, 0.15) is 0 Å². The predicted molar refractivity (Wildman–Crippen MR) is 71.6 cm³/mol. The smallest absolute Gasteiger partial charge is 0.391 e. The lowest BCUT2D eigenvalue weighted by Crippen LogP contribution is -2.50. The summed E-state index contributed by atoms with van der Waals surface area (Å²) in [4.78, 5) is 11.9. The molecule has 1 atom stereocenters. The van der Waals surface area contributed by atoms with Gasteiger partial charge in [0.2, 0.25) is 0 Å². The van der Waals surface area contributed by atoms with Gasteiger partial charge in [-0.1, -0.05) is 0 Å². The number of hydrogen-bond donors (Lipinski definition) is 2. The van der Waals surface area contributed by atoms with Crippen LogP contribution in [0.4, 0.5) is 13.2 Å². The molecule has 3 nitrogen and oxygen atoms in total. The highest BCUT2D eigenvalue weighted by atomic mass is 32.2. The average molecular weight is 307 g/mol. The average Bonchev–Trinajstić information content (AvgIpc) is 2.26. The third-order valence-corrected chi connectivity index (χ3v) is 3.57. The molecule has 0 fully saturated rings. The fourth-order valence-electron chi connectivity index (χ4n) is 1.28. The molecule has 0 heterocycles. The first kappa shape index (κ1) is 16.8. The van der Waals surface area contributed by atoms with Crippen LogP contribution in [0.3, 0.4) is 0 Å². The van der Waals surface area contributed by atoms with Crippen LogP contribution in [-0.2, 0) is 0 Å². The Morgan fingerprint density at radius 3 is 2.15 bits per heavy atom. The summed E-state index contributed by atoms with van der Waals surface area (Å²) in [6.07, 6.45) is -0.758. The quantitative estimate of drug-likeness (QED) is 0.840. The Hall–Kier alpha value is -1.21. The summed E-state index contributed by atoms with van der Waals surface area (Å²) >= 11 is -0.233. The molecule has 0 bridgehead atoms. The molecule has 0 saturated carbocycles. The van der Waals surface area contributed by atoms with Gasteiger partial charge >= 0.3 is 5.51 Å². The van der Waals surface area contributed by atoms with Gasteiger partial charge in [0, 0.05) is 10.5 Å². The number of aliphatic hydroxyl groups excluding tert-OH is 1. The molecule has 7 heteroatoms. The molecule has 0 radical (unpaired) electrons. The van der Waals surface area contributed by atoms with Crippen molar-refractivity contribution in [3.05, 3.63) is 29.8 Å². The van der Waals surface area contributed by atoms with Crippen LogP contribution in [0.5, 0.6) is 0 Å². The molecule has 0 saturated heterocycles. The zero-order valence-electron chi connectivity index (χ0n) is 11.3. The number of carbonyl (C=O) groups is 1. The minimum Gasteiger partial charge on any atom is -0.391 e. The molecule has 0 spiro atoms. The number of rotatable bonds is 4. The van der Waals surface area contributed by atoms with E-state index in [1.54, 1.807) is 20.8 Å². The molecular formula is C13H16F3NO2S. The van der Waals surface area contributed by atoms with Crippen molar-refractivity contribution in [1.82, 2.24) is 5.32 Å². The number of benzene rings is 1. The second-order valence-electron chi connectivity index (χ2n) is 4.92. The maximum Gasteiger partial charge on any atom is 0.446 e. The van der Waals surface area contributed by atoms with Gasteiger partial charge in [0.05, 0.1) is 11.6 Å². The Bertz CT molecular complexity index is 469. The monoisotopic (exact) mass is 307 g/mol. The van der Waals surface area contributed by atoms with Crippen LogP contribution in [-0.4, -0.2) is 28.2 Å². The minimum absolute atomic E-state index is 0.0174. The second kappa shape index (κ2) is 6.05. The molecule has 1 aromatic carbocycles. The van der Waals surface area contributed by atoms with Gasteiger partial charge in [-0.2, -0.15) is 13.2 Å². The van der Waals surface area contributed by atoms with Gasteiger partial charge < -0.3 is 10.4 Å². The van der Waals surface area contributed by atoms with Gasteiger partial charge in [-0.3, -0.25) is 4.79 Å². The molecular weight excluding hydrogens is 291 g/mol. The fraction of sp³-hybridized carbons (Fsp3) is 0.462. The van der Waals surface area contributed by atoms with E-state index in [-0.39, 0.29) is 22.2 Å². The minimum atomic E-state index is -4.35. The molecule has 112 valence electrons.